The van der Waals surface area contributed by atoms with Crippen LogP contribution in [0.25, 0.3) is 10.9 Å². The lowest BCUT2D eigenvalue weighted by Crippen LogP contribution is -2.44. The average Bonchev–Trinajstić information content (AvgIpc) is 3.00. The average molecular weight is 353 g/mol. The molecule has 0 saturated heterocycles. The van der Waals surface area contributed by atoms with Crippen LogP contribution in [0, 0.1) is 18.8 Å². The Morgan fingerprint density at radius 1 is 1.23 bits per heavy atom. The van der Waals surface area contributed by atoms with Gasteiger partial charge in [-0.05, 0) is 55.7 Å². The van der Waals surface area contributed by atoms with Crippen molar-refractivity contribution in [1.82, 2.24) is 9.88 Å². The molecule has 4 rings (SSSR count). The van der Waals surface area contributed by atoms with E-state index in [-0.39, 0.29) is 12.0 Å². The lowest BCUT2D eigenvalue weighted by atomic mass is 9.85. The van der Waals surface area contributed by atoms with Crippen LogP contribution in [0.5, 0.6) is 0 Å². The molecule has 1 fully saturated rings. The maximum Gasteiger partial charge on any atom is 0.226 e. The molecule has 26 heavy (non-hydrogen) atoms. The Morgan fingerprint density at radius 2 is 2.00 bits per heavy atom. The highest BCUT2D eigenvalue weighted by Gasteiger charge is 2.36. The summed E-state index contributed by atoms with van der Waals surface area (Å²) >= 11 is 0. The third kappa shape index (κ3) is 3.17. The summed E-state index contributed by atoms with van der Waals surface area (Å²) in [5.74, 6) is 1.24. The molecule has 1 aromatic heterocycles. The fourth-order valence-corrected chi connectivity index (χ4v) is 5.03. The largest absolute Gasteiger partial charge is 0.356 e. The van der Waals surface area contributed by atoms with Crippen molar-refractivity contribution in [2.75, 3.05) is 6.54 Å². The summed E-state index contributed by atoms with van der Waals surface area (Å²) in [4.78, 5) is 19.3. The predicted molar refractivity (Wildman–Crippen MR) is 107 cm³/mol. The Hall–Kier alpha value is -1.77. The number of carbonyl (C=O) groups is 1. The van der Waals surface area contributed by atoms with Gasteiger partial charge in [0.1, 0.15) is 0 Å². The van der Waals surface area contributed by atoms with E-state index in [0.29, 0.717) is 11.8 Å². The van der Waals surface area contributed by atoms with Crippen LogP contribution in [-0.4, -0.2) is 22.3 Å². The zero-order chi connectivity index (χ0) is 18.3. The number of H-pyrrole nitrogens is 1. The zero-order valence-electron chi connectivity index (χ0n) is 16.5. The topological polar surface area (TPSA) is 36.1 Å². The molecule has 1 N–H and O–H groups in total. The van der Waals surface area contributed by atoms with Gasteiger partial charge < -0.3 is 9.88 Å². The fourth-order valence-electron chi connectivity index (χ4n) is 5.03. The van der Waals surface area contributed by atoms with Crippen LogP contribution < -0.4 is 0 Å². The van der Waals surface area contributed by atoms with Gasteiger partial charge in [-0.2, -0.15) is 0 Å². The first-order chi connectivity index (χ1) is 12.5. The molecule has 1 unspecified atom stereocenters. The number of aromatic amines is 1. The first kappa shape index (κ1) is 17.6. The van der Waals surface area contributed by atoms with E-state index in [1.807, 2.05) is 0 Å². The quantitative estimate of drug-likeness (QED) is 0.775. The number of aryl methyl sites for hydroxylation is 1. The second-order valence-corrected chi connectivity index (χ2v) is 8.83. The van der Waals surface area contributed by atoms with Gasteiger partial charge in [-0.15, -0.1) is 0 Å². The lowest BCUT2D eigenvalue weighted by molar-refractivity contribution is -0.140. The maximum absolute atomic E-state index is 13.3. The van der Waals surface area contributed by atoms with E-state index >= 15 is 0 Å². The summed E-state index contributed by atoms with van der Waals surface area (Å²) in [6.07, 6.45) is 7.92. The van der Waals surface area contributed by atoms with Gasteiger partial charge in [0, 0.05) is 29.1 Å². The van der Waals surface area contributed by atoms with Crippen molar-refractivity contribution in [3.8, 4) is 0 Å². The molecule has 1 aliphatic heterocycles. The summed E-state index contributed by atoms with van der Waals surface area (Å²) in [7, 11) is 0. The van der Waals surface area contributed by atoms with Crippen molar-refractivity contribution >= 4 is 16.8 Å². The molecule has 3 nitrogen and oxygen atoms in total. The predicted octanol–water partition coefficient (Wildman–Crippen LogP) is 5.53. The molecule has 2 aliphatic rings. The molecule has 1 amide bonds. The van der Waals surface area contributed by atoms with Crippen LogP contribution in [0.4, 0.5) is 0 Å². The van der Waals surface area contributed by atoms with Crippen molar-refractivity contribution in [3.05, 3.63) is 35.0 Å². The van der Waals surface area contributed by atoms with Crippen LogP contribution in [0.1, 0.15) is 75.2 Å². The van der Waals surface area contributed by atoms with Crippen molar-refractivity contribution < 1.29 is 4.79 Å². The third-order valence-electron chi connectivity index (χ3n) is 6.34. The van der Waals surface area contributed by atoms with Crippen molar-refractivity contribution in [1.29, 1.82) is 0 Å². The van der Waals surface area contributed by atoms with E-state index in [1.54, 1.807) is 0 Å². The minimum Gasteiger partial charge on any atom is -0.356 e. The summed E-state index contributed by atoms with van der Waals surface area (Å²) in [6.45, 7) is 7.55. The Labute approximate surface area is 157 Å². The normalized spacial score (nSPS) is 21.4. The molecule has 1 saturated carbocycles. The molecule has 1 aliphatic carbocycles. The Kier molecular flexibility index (Phi) is 4.81. The number of aromatic nitrogens is 1. The van der Waals surface area contributed by atoms with E-state index in [1.165, 1.54) is 47.0 Å². The minimum atomic E-state index is 0.209. The summed E-state index contributed by atoms with van der Waals surface area (Å²) in [5, 5.41) is 1.35. The highest BCUT2D eigenvalue weighted by molar-refractivity contribution is 5.87. The second kappa shape index (κ2) is 7.09. The molecule has 0 spiro atoms. The number of benzene rings is 1. The van der Waals surface area contributed by atoms with Crippen molar-refractivity contribution in [2.45, 2.75) is 71.8 Å². The highest BCUT2D eigenvalue weighted by atomic mass is 16.2. The molecular weight excluding hydrogens is 320 g/mol. The number of hydrogen-bond donors (Lipinski definition) is 1. The molecule has 140 valence electrons. The number of rotatable bonds is 3. The number of hydrogen-bond acceptors (Lipinski definition) is 1. The van der Waals surface area contributed by atoms with Crippen LogP contribution in [0.2, 0.25) is 0 Å². The lowest BCUT2D eigenvalue weighted by Gasteiger charge is -2.39. The van der Waals surface area contributed by atoms with Gasteiger partial charge in [-0.3, -0.25) is 4.79 Å². The van der Waals surface area contributed by atoms with Gasteiger partial charge in [0.2, 0.25) is 5.91 Å². The number of amides is 1. The van der Waals surface area contributed by atoms with Gasteiger partial charge in [0.15, 0.2) is 0 Å². The van der Waals surface area contributed by atoms with Crippen LogP contribution in [0.3, 0.4) is 0 Å². The Balaban J connectivity index is 1.71. The van der Waals surface area contributed by atoms with E-state index in [2.05, 4.69) is 48.9 Å². The summed E-state index contributed by atoms with van der Waals surface area (Å²) in [5.41, 5.74) is 5.26. The minimum absolute atomic E-state index is 0.209. The van der Waals surface area contributed by atoms with Crippen molar-refractivity contribution in [3.63, 3.8) is 0 Å². The van der Waals surface area contributed by atoms with E-state index in [0.717, 1.165) is 32.2 Å². The number of nitrogens with zero attached hydrogens (tertiary/aromatic N) is 1. The molecule has 1 atom stereocenters. The van der Waals surface area contributed by atoms with Gasteiger partial charge >= 0.3 is 0 Å². The number of carbonyl (C=O) groups excluding carboxylic acids is 1. The molecule has 0 radical (unpaired) electrons. The van der Waals surface area contributed by atoms with Crippen LogP contribution in [-0.2, 0) is 11.2 Å². The number of fused-ring (bicyclic) bond motifs is 3. The highest BCUT2D eigenvalue weighted by Crippen LogP contribution is 2.39. The SMILES string of the molecule is Cc1ccc2c3c([nH]c2c1)C(CC(C)C)N(C(=O)C1CCCCC1)CC3. The molecule has 0 bridgehead atoms. The Morgan fingerprint density at radius 3 is 2.73 bits per heavy atom. The molecular formula is C23H32N2O. The van der Waals surface area contributed by atoms with E-state index in [4.69, 9.17) is 0 Å². The van der Waals surface area contributed by atoms with Crippen molar-refractivity contribution in [2.24, 2.45) is 11.8 Å². The molecule has 1 aromatic carbocycles. The van der Waals surface area contributed by atoms with Gasteiger partial charge in [0.25, 0.3) is 0 Å². The van der Waals surface area contributed by atoms with Gasteiger partial charge in [-0.25, -0.2) is 0 Å². The van der Waals surface area contributed by atoms with E-state index in [9.17, 15) is 4.79 Å². The standard InChI is InChI=1S/C23H32N2O/c1-15(2)13-21-22-19(18-10-9-16(3)14-20(18)24-22)11-12-25(21)23(26)17-7-5-4-6-8-17/h9-10,14-15,17,21,24H,4-8,11-13H2,1-3H3. The fraction of sp³-hybridized carbons (Fsp3) is 0.609. The monoisotopic (exact) mass is 352 g/mol. The number of nitrogens with one attached hydrogen (secondary N) is 1. The summed E-state index contributed by atoms with van der Waals surface area (Å²) < 4.78 is 0. The first-order valence-corrected chi connectivity index (χ1v) is 10.5. The third-order valence-corrected chi connectivity index (χ3v) is 6.34. The summed E-state index contributed by atoms with van der Waals surface area (Å²) in [6, 6.07) is 6.91. The Bertz CT molecular complexity index is 798. The molecule has 3 heteroatoms. The second-order valence-electron chi connectivity index (χ2n) is 8.83. The van der Waals surface area contributed by atoms with Gasteiger partial charge in [-0.1, -0.05) is 45.2 Å². The van der Waals surface area contributed by atoms with Crippen LogP contribution >= 0.6 is 0 Å². The van der Waals surface area contributed by atoms with Gasteiger partial charge in [0.05, 0.1) is 6.04 Å². The maximum atomic E-state index is 13.3. The van der Waals surface area contributed by atoms with E-state index < -0.39 is 0 Å². The first-order valence-electron chi connectivity index (χ1n) is 10.5. The smallest absolute Gasteiger partial charge is 0.226 e. The zero-order valence-corrected chi connectivity index (χ0v) is 16.5. The van der Waals surface area contributed by atoms with Crippen LogP contribution in [0.15, 0.2) is 18.2 Å². The molecule has 2 heterocycles. The molecule has 2 aromatic rings.